The molecule has 1 fully saturated rings. The number of likely N-dealkylation sites (tertiary alicyclic amines) is 1. The first-order chi connectivity index (χ1) is 15.6. The van der Waals surface area contributed by atoms with Gasteiger partial charge in [0.05, 0.1) is 17.2 Å². The van der Waals surface area contributed by atoms with Crippen LogP contribution < -0.4 is 5.32 Å². The van der Waals surface area contributed by atoms with Gasteiger partial charge in [0.2, 0.25) is 0 Å². The largest absolute Gasteiger partial charge is 0.393 e. The minimum Gasteiger partial charge on any atom is -0.393 e. The highest BCUT2D eigenvalue weighted by molar-refractivity contribution is 6.06. The first-order valence-electron chi connectivity index (χ1n) is 12.0. The normalized spacial score (nSPS) is 19.8. The molecular weight excluding hydrogens is 398 g/mol. The van der Waals surface area contributed by atoms with Crippen LogP contribution in [-0.4, -0.2) is 40.1 Å². The molecule has 1 amide bonds. The van der Waals surface area contributed by atoms with Gasteiger partial charge < -0.3 is 15.4 Å². The van der Waals surface area contributed by atoms with Crippen molar-refractivity contribution in [1.29, 1.82) is 0 Å². The number of rotatable bonds is 5. The quantitative estimate of drug-likeness (QED) is 0.568. The zero-order valence-electron chi connectivity index (χ0n) is 18.9. The van der Waals surface area contributed by atoms with E-state index in [2.05, 4.69) is 52.5 Å². The van der Waals surface area contributed by atoms with Gasteiger partial charge >= 0.3 is 0 Å². The maximum atomic E-state index is 13.0. The summed E-state index contributed by atoms with van der Waals surface area (Å²) in [6, 6.07) is 14.6. The number of nitrogens with one attached hydrogen (secondary N) is 2. The average Bonchev–Trinajstić information content (AvgIpc) is 3.18. The summed E-state index contributed by atoms with van der Waals surface area (Å²) >= 11 is 0. The van der Waals surface area contributed by atoms with Crippen molar-refractivity contribution in [2.45, 2.75) is 58.2 Å². The van der Waals surface area contributed by atoms with Crippen LogP contribution in [0.1, 0.15) is 58.9 Å². The lowest BCUT2D eigenvalue weighted by Gasteiger charge is -2.29. The van der Waals surface area contributed by atoms with Crippen LogP contribution in [0.5, 0.6) is 0 Å². The third-order valence-electron chi connectivity index (χ3n) is 7.15. The van der Waals surface area contributed by atoms with Gasteiger partial charge in [-0.3, -0.25) is 9.69 Å². The number of aliphatic hydroxyl groups is 1. The molecule has 5 nitrogen and oxygen atoms in total. The molecule has 0 bridgehead atoms. The topological polar surface area (TPSA) is 68.4 Å². The van der Waals surface area contributed by atoms with E-state index in [4.69, 9.17) is 0 Å². The molecule has 5 rings (SSSR count). The SMILES string of the molecule is CC1CCc2[nH]c3c(C(=O)NCc4ccc(CN5CCC(O)CC5)cc4)cccc3c2C1. The highest BCUT2D eigenvalue weighted by atomic mass is 16.3. The van der Waals surface area contributed by atoms with Crippen LogP contribution in [0.2, 0.25) is 0 Å². The predicted molar refractivity (Wildman–Crippen MR) is 128 cm³/mol. The predicted octanol–water partition coefficient (Wildman–Crippen LogP) is 4.18. The Labute approximate surface area is 189 Å². The molecule has 3 N–H and O–H groups in total. The Morgan fingerprint density at radius 1 is 1.09 bits per heavy atom. The number of aryl methyl sites for hydroxylation is 1. The molecule has 0 radical (unpaired) electrons. The van der Waals surface area contributed by atoms with Crippen LogP contribution in [-0.2, 0) is 25.9 Å². The summed E-state index contributed by atoms with van der Waals surface area (Å²) in [7, 11) is 0. The van der Waals surface area contributed by atoms with Gasteiger partial charge in [-0.25, -0.2) is 0 Å². The monoisotopic (exact) mass is 431 g/mol. The van der Waals surface area contributed by atoms with E-state index in [-0.39, 0.29) is 12.0 Å². The number of aromatic nitrogens is 1. The van der Waals surface area contributed by atoms with E-state index in [1.807, 2.05) is 12.1 Å². The zero-order valence-corrected chi connectivity index (χ0v) is 18.9. The number of fused-ring (bicyclic) bond motifs is 3. The summed E-state index contributed by atoms with van der Waals surface area (Å²) in [5, 5.41) is 14.0. The highest BCUT2D eigenvalue weighted by Crippen LogP contribution is 2.33. The summed E-state index contributed by atoms with van der Waals surface area (Å²) in [6.07, 6.45) is 4.95. The van der Waals surface area contributed by atoms with Gasteiger partial charge in [0.15, 0.2) is 0 Å². The van der Waals surface area contributed by atoms with Gasteiger partial charge in [0.1, 0.15) is 0 Å². The number of hydrogen-bond acceptors (Lipinski definition) is 3. The highest BCUT2D eigenvalue weighted by Gasteiger charge is 2.22. The van der Waals surface area contributed by atoms with Crippen molar-refractivity contribution >= 4 is 16.8 Å². The Morgan fingerprint density at radius 2 is 1.84 bits per heavy atom. The number of hydrogen-bond donors (Lipinski definition) is 3. The maximum absolute atomic E-state index is 13.0. The first kappa shape index (κ1) is 21.2. The molecule has 2 aliphatic rings. The lowest BCUT2D eigenvalue weighted by molar-refractivity contribution is 0.0792. The number of nitrogens with zero attached hydrogens (tertiary/aromatic N) is 1. The van der Waals surface area contributed by atoms with E-state index in [0.717, 1.165) is 62.0 Å². The lowest BCUT2D eigenvalue weighted by atomic mass is 9.87. The van der Waals surface area contributed by atoms with Crippen molar-refractivity contribution in [3.05, 3.63) is 70.4 Å². The molecule has 168 valence electrons. The molecule has 2 heterocycles. The van der Waals surface area contributed by atoms with Crippen LogP contribution in [0.3, 0.4) is 0 Å². The molecule has 2 aromatic carbocycles. The number of piperidine rings is 1. The first-order valence-corrected chi connectivity index (χ1v) is 12.0. The van der Waals surface area contributed by atoms with Gasteiger partial charge in [-0.1, -0.05) is 43.3 Å². The molecule has 1 aliphatic heterocycles. The van der Waals surface area contributed by atoms with E-state index in [0.29, 0.717) is 12.5 Å². The standard InChI is InChI=1S/C27H33N3O2/c1-18-5-10-25-24(15-18)22-3-2-4-23(26(22)29-25)27(32)28-16-19-6-8-20(9-7-19)17-30-13-11-21(31)12-14-30/h2-4,6-9,18,21,29,31H,5,10-17H2,1H3,(H,28,32). The number of aliphatic hydroxyl groups excluding tert-OH is 1. The minimum absolute atomic E-state index is 0.0294. The summed E-state index contributed by atoms with van der Waals surface area (Å²) in [5.41, 5.74) is 6.78. The Bertz CT molecular complexity index is 1090. The maximum Gasteiger partial charge on any atom is 0.253 e. The van der Waals surface area contributed by atoms with Gasteiger partial charge in [-0.15, -0.1) is 0 Å². The van der Waals surface area contributed by atoms with Crippen molar-refractivity contribution in [1.82, 2.24) is 15.2 Å². The molecule has 1 aliphatic carbocycles. The third kappa shape index (κ3) is 4.45. The molecule has 1 unspecified atom stereocenters. The smallest absolute Gasteiger partial charge is 0.253 e. The molecule has 1 saturated heterocycles. The van der Waals surface area contributed by atoms with Gasteiger partial charge in [0.25, 0.3) is 5.91 Å². The average molecular weight is 432 g/mol. The number of benzene rings is 2. The number of carbonyl (C=O) groups is 1. The minimum atomic E-state index is -0.136. The Balaban J connectivity index is 1.23. The summed E-state index contributed by atoms with van der Waals surface area (Å²) in [6.45, 7) is 5.64. The molecule has 3 aromatic rings. The second-order valence-corrected chi connectivity index (χ2v) is 9.66. The van der Waals surface area contributed by atoms with Gasteiger partial charge in [-0.2, -0.15) is 0 Å². The Hall–Kier alpha value is -2.63. The lowest BCUT2D eigenvalue weighted by Crippen LogP contribution is -2.35. The molecule has 1 atom stereocenters. The van der Waals surface area contributed by atoms with Crippen molar-refractivity contribution in [2.24, 2.45) is 5.92 Å². The van der Waals surface area contributed by atoms with Crippen LogP contribution in [0, 0.1) is 5.92 Å². The summed E-state index contributed by atoms with van der Waals surface area (Å²) in [5.74, 6) is 0.668. The van der Waals surface area contributed by atoms with Crippen molar-refractivity contribution in [3.63, 3.8) is 0 Å². The Kier molecular flexibility index (Phi) is 6.03. The van der Waals surface area contributed by atoms with Crippen molar-refractivity contribution in [2.75, 3.05) is 13.1 Å². The van der Waals surface area contributed by atoms with E-state index in [1.165, 1.54) is 28.6 Å². The summed E-state index contributed by atoms with van der Waals surface area (Å²) < 4.78 is 0. The second kappa shape index (κ2) is 9.08. The van der Waals surface area contributed by atoms with Crippen LogP contribution >= 0.6 is 0 Å². The second-order valence-electron chi connectivity index (χ2n) is 9.66. The van der Waals surface area contributed by atoms with Crippen LogP contribution in [0.15, 0.2) is 42.5 Å². The van der Waals surface area contributed by atoms with Crippen molar-refractivity contribution < 1.29 is 9.90 Å². The number of carbonyl (C=O) groups excluding carboxylic acids is 1. The van der Waals surface area contributed by atoms with Crippen LogP contribution in [0.4, 0.5) is 0 Å². The molecule has 32 heavy (non-hydrogen) atoms. The fourth-order valence-electron chi connectivity index (χ4n) is 5.18. The number of H-pyrrole nitrogens is 1. The zero-order chi connectivity index (χ0) is 22.1. The number of amides is 1. The molecule has 1 aromatic heterocycles. The number of para-hydroxylation sites is 1. The molecule has 5 heteroatoms. The van der Waals surface area contributed by atoms with E-state index < -0.39 is 0 Å². The molecular formula is C27H33N3O2. The van der Waals surface area contributed by atoms with Gasteiger partial charge in [-0.05, 0) is 60.8 Å². The van der Waals surface area contributed by atoms with E-state index in [1.54, 1.807) is 0 Å². The molecule has 0 saturated carbocycles. The van der Waals surface area contributed by atoms with Crippen molar-refractivity contribution in [3.8, 4) is 0 Å². The Morgan fingerprint density at radius 3 is 2.62 bits per heavy atom. The fraction of sp³-hybridized carbons (Fsp3) is 0.444. The van der Waals surface area contributed by atoms with Crippen LogP contribution in [0.25, 0.3) is 10.9 Å². The fourth-order valence-corrected chi connectivity index (χ4v) is 5.18. The molecule has 0 spiro atoms. The van der Waals surface area contributed by atoms with E-state index >= 15 is 0 Å². The van der Waals surface area contributed by atoms with Gasteiger partial charge in [0, 0.05) is 37.3 Å². The number of aromatic amines is 1. The summed E-state index contributed by atoms with van der Waals surface area (Å²) in [4.78, 5) is 18.9. The third-order valence-corrected chi connectivity index (χ3v) is 7.15. The van der Waals surface area contributed by atoms with E-state index in [9.17, 15) is 9.90 Å².